The number of carboxylic acid groups (broad SMARTS) is 1. The number of aromatic nitrogens is 2. The Morgan fingerprint density at radius 1 is 1.44 bits per heavy atom. The SMILES string of the molecule is CN1CCC(c2cn3cc(C(=O)O)ccc3n2)C1. The Morgan fingerprint density at radius 2 is 2.28 bits per heavy atom. The summed E-state index contributed by atoms with van der Waals surface area (Å²) < 4.78 is 1.80. The molecule has 5 nitrogen and oxygen atoms in total. The van der Waals surface area contributed by atoms with Gasteiger partial charge in [-0.1, -0.05) is 0 Å². The van der Waals surface area contributed by atoms with Crippen molar-refractivity contribution in [2.75, 3.05) is 20.1 Å². The summed E-state index contributed by atoms with van der Waals surface area (Å²) in [6, 6.07) is 3.35. The van der Waals surface area contributed by atoms with E-state index < -0.39 is 5.97 Å². The summed E-state index contributed by atoms with van der Waals surface area (Å²) in [6.07, 6.45) is 4.69. The first kappa shape index (κ1) is 11.2. The third-order valence-electron chi connectivity index (χ3n) is 3.53. The monoisotopic (exact) mass is 245 g/mol. The topological polar surface area (TPSA) is 57.8 Å². The fourth-order valence-corrected chi connectivity index (χ4v) is 2.51. The van der Waals surface area contributed by atoms with Gasteiger partial charge in [0, 0.05) is 24.9 Å². The number of imidazole rings is 1. The first-order valence-corrected chi connectivity index (χ1v) is 6.04. The van der Waals surface area contributed by atoms with Crippen molar-refractivity contribution in [2.24, 2.45) is 0 Å². The van der Waals surface area contributed by atoms with Crippen LogP contribution in [0.3, 0.4) is 0 Å². The van der Waals surface area contributed by atoms with Gasteiger partial charge in [0.25, 0.3) is 0 Å². The van der Waals surface area contributed by atoms with Crippen molar-refractivity contribution in [3.8, 4) is 0 Å². The first-order valence-electron chi connectivity index (χ1n) is 6.04. The molecule has 1 fully saturated rings. The Balaban J connectivity index is 1.98. The number of carbonyl (C=O) groups is 1. The first-order chi connectivity index (χ1) is 8.63. The van der Waals surface area contributed by atoms with E-state index in [0.717, 1.165) is 30.9 Å². The smallest absolute Gasteiger partial charge is 0.337 e. The number of aromatic carboxylic acids is 1. The third-order valence-corrected chi connectivity index (χ3v) is 3.53. The number of pyridine rings is 1. The average Bonchev–Trinajstić information content (AvgIpc) is 2.93. The van der Waals surface area contributed by atoms with Gasteiger partial charge in [-0.2, -0.15) is 0 Å². The number of likely N-dealkylation sites (N-methyl/N-ethyl adjacent to an activating group) is 1. The molecule has 1 aliphatic rings. The van der Waals surface area contributed by atoms with Crippen molar-refractivity contribution in [1.29, 1.82) is 0 Å². The molecule has 0 saturated carbocycles. The summed E-state index contributed by atoms with van der Waals surface area (Å²) in [5.74, 6) is -0.448. The average molecular weight is 245 g/mol. The van der Waals surface area contributed by atoms with E-state index in [9.17, 15) is 4.79 Å². The molecule has 0 aromatic carbocycles. The molecule has 1 atom stereocenters. The number of carboxylic acids is 1. The number of hydrogen-bond donors (Lipinski definition) is 1. The second-order valence-electron chi connectivity index (χ2n) is 4.90. The van der Waals surface area contributed by atoms with Gasteiger partial charge in [0.15, 0.2) is 0 Å². The standard InChI is InChI=1S/C13H15N3O2/c1-15-5-4-9(6-15)11-8-16-7-10(13(17)18)2-3-12(16)14-11/h2-3,7-9H,4-6H2,1H3,(H,17,18). The molecule has 3 heterocycles. The van der Waals surface area contributed by atoms with Gasteiger partial charge >= 0.3 is 5.97 Å². The molecule has 1 N–H and O–H groups in total. The highest BCUT2D eigenvalue weighted by Crippen LogP contribution is 2.25. The van der Waals surface area contributed by atoms with Crippen molar-refractivity contribution in [3.05, 3.63) is 35.8 Å². The lowest BCUT2D eigenvalue weighted by Gasteiger charge is -2.06. The highest BCUT2D eigenvalue weighted by atomic mass is 16.4. The molecule has 2 aromatic rings. The lowest BCUT2D eigenvalue weighted by atomic mass is 10.1. The second kappa shape index (κ2) is 4.10. The molecule has 1 saturated heterocycles. The molecule has 0 radical (unpaired) electrons. The molecule has 5 heteroatoms. The van der Waals surface area contributed by atoms with Crippen LogP contribution >= 0.6 is 0 Å². The van der Waals surface area contributed by atoms with E-state index >= 15 is 0 Å². The summed E-state index contributed by atoms with van der Waals surface area (Å²) in [6.45, 7) is 2.12. The van der Waals surface area contributed by atoms with Crippen LogP contribution in [0.5, 0.6) is 0 Å². The fourth-order valence-electron chi connectivity index (χ4n) is 2.51. The van der Waals surface area contributed by atoms with Gasteiger partial charge in [0.2, 0.25) is 0 Å². The molecule has 3 rings (SSSR count). The van der Waals surface area contributed by atoms with E-state index in [2.05, 4.69) is 16.9 Å². The quantitative estimate of drug-likeness (QED) is 0.870. The summed E-state index contributed by atoms with van der Waals surface area (Å²) >= 11 is 0. The minimum atomic E-state index is -0.909. The Kier molecular flexibility index (Phi) is 2.56. The highest BCUT2D eigenvalue weighted by Gasteiger charge is 2.23. The van der Waals surface area contributed by atoms with Crippen LogP contribution in [-0.4, -0.2) is 45.5 Å². The van der Waals surface area contributed by atoms with Gasteiger partial charge in [-0.25, -0.2) is 9.78 Å². The zero-order valence-electron chi connectivity index (χ0n) is 10.2. The van der Waals surface area contributed by atoms with Crippen LogP contribution in [0.1, 0.15) is 28.4 Å². The Bertz CT molecular complexity index is 605. The maximum Gasteiger partial charge on any atom is 0.337 e. The maximum atomic E-state index is 10.9. The summed E-state index contributed by atoms with van der Waals surface area (Å²) in [4.78, 5) is 17.8. The zero-order chi connectivity index (χ0) is 12.7. The lowest BCUT2D eigenvalue weighted by Crippen LogP contribution is -2.13. The minimum absolute atomic E-state index is 0.287. The maximum absolute atomic E-state index is 10.9. The van der Waals surface area contributed by atoms with E-state index in [-0.39, 0.29) is 5.56 Å². The highest BCUT2D eigenvalue weighted by molar-refractivity contribution is 5.87. The second-order valence-corrected chi connectivity index (χ2v) is 4.90. The summed E-state index contributed by atoms with van der Waals surface area (Å²) in [5.41, 5.74) is 2.15. The Labute approximate surface area is 105 Å². The van der Waals surface area contributed by atoms with Crippen LogP contribution in [0.4, 0.5) is 0 Å². The molecule has 2 aromatic heterocycles. The molecular weight excluding hydrogens is 230 g/mol. The van der Waals surface area contributed by atoms with Crippen LogP contribution in [0.2, 0.25) is 0 Å². The van der Waals surface area contributed by atoms with Crippen LogP contribution < -0.4 is 0 Å². The third kappa shape index (κ3) is 1.86. The molecule has 1 aliphatic heterocycles. The van der Waals surface area contributed by atoms with E-state index in [1.54, 1.807) is 22.7 Å². The van der Waals surface area contributed by atoms with Gasteiger partial charge in [0.05, 0.1) is 11.3 Å². The number of rotatable bonds is 2. The normalized spacial score (nSPS) is 20.6. The van der Waals surface area contributed by atoms with E-state index in [0.29, 0.717) is 5.92 Å². The molecule has 94 valence electrons. The van der Waals surface area contributed by atoms with Crippen molar-refractivity contribution in [2.45, 2.75) is 12.3 Å². The van der Waals surface area contributed by atoms with E-state index in [4.69, 9.17) is 5.11 Å². The molecule has 0 bridgehead atoms. The van der Waals surface area contributed by atoms with Crippen LogP contribution in [0, 0.1) is 0 Å². The number of nitrogens with zero attached hydrogens (tertiary/aromatic N) is 3. The van der Waals surface area contributed by atoms with E-state index in [1.807, 2.05) is 6.20 Å². The van der Waals surface area contributed by atoms with Crippen LogP contribution in [0.25, 0.3) is 5.65 Å². The molecular formula is C13H15N3O2. The summed E-state index contributed by atoms with van der Waals surface area (Å²) in [5, 5.41) is 8.96. The van der Waals surface area contributed by atoms with Crippen LogP contribution in [0.15, 0.2) is 24.5 Å². The molecule has 0 amide bonds. The number of hydrogen-bond acceptors (Lipinski definition) is 3. The fraction of sp³-hybridized carbons (Fsp3) is 0.385. The largest absolute Gasteiger partial charge is 0.478 e. The minimum Gasteiger partial charge on any atom is -0.478 e. The predicted octanol–water partition coefficient (Wildman–Crippen LogP) is 1.45. The number of likely N-dealkylation sites (tertiary alicyclic amines) is 1. The zero-order valence-corrected chi connectivity index (χ0v) is 10.2. The van der Waals surface area contributed by atoms with E-state index in [1.165, 1.54) is 0 Å². The Hall–Kier alpha value is -1.88. The molecule has 18 heavy (non-hydrogen) atoms. The van der Waals surface area contributed by atoms with Crippen molar-refractivity contribution in [3.63, 3.8) is 0 Å². The van der Waals surface area contributed by atoms with Crippen LogP contribution in [-0.2, 0) is 0 Å². The molecule has 0 aliphatic carbocycles. The lowest BCUT2D eigenvalue weighted by molar-refractivity contribution is 0.0696. The molecule has 1 unspecified atom stereocenters. The molecule has 0 spiro atoms. The summed E-state index contributed by atoms with van der Waals surface area (Å²) in [7, 11) is 2.11. The number of fused-ring (bicyclic) bond motifs is 1. The Morgan fingerprint density at radius 3 is 2.94 bits per heavy atom. The van der Waals surface area contributed by atoms with Crippen molar-refractivity contribution < 1.29 is 9.90 Å². The van der Waals surface area contributed by atoms with Crippen molar-refractivity contribution in [1.82, 2.24) is 14.3 Å². The van der Waals surface area contributed by atoms with Gasteiger partial charge in [-0.05, 0) is 32.1 Å². The van der Waals surface area contributed by atoms with Crippen molar-refractivity contribution >= 4 is 11.6 Å². The van der Waals surface area contributed by atoms with Gasteiger partial charge < -0.3 is 14.4 Å². The van der Waals surface area contributed by atoms with Gasteiger partial charge in [0.1, 0.15) is 5.65 Å². The van der Waals surface area contributed by atoms with Gasteiger partial charge in [-0.3, -0.25) is 0 Å². The predicted molar refractivity (Wildman–Crippen MR) is 67.0 cm³/mol. The van der Waals surface area contributed by atoms with Gasteiger partial charge in [-0.15, -0.1) is 0 Å².